The number of carboxylic acid groups (broad SMARTS) is 1. The number of hydrogen-bond acceptors (Lipinski definition) is 11. The standard InChI is InChI=1S/C13H16N10O4S2/c1-13(4-28-12-16-18-19-21(12)2)8(11(26)27)23-9(25)7(10(23)29-13)15-6(24)3-22-5-14-17-20-22/h5,7-8,10H,3-4H2,1-2H3,(H,15,24)(H,26,27). The fourth-order valence-corrected chi connectivity index (χ4v) is 6.21. The Balaban J connectivity index is 1.46. The molecule has 2 fully saturated rings. The molecule has 2 amide bonds. The van der Waals surface area contributed by atoms with E-state index >= 15 is 0 Å². The van der Waals surface area contributed by atoms with Crippen LogP contribution in [0.25, 0.3) is 0 Å². The van der Waals surface area contributed by atoms with E-state index in [1.165, 1.54) is 44.1 Å². The Morgan fingerprint density at radius 1 is 1.38 bits per heavy atom. The average molecular weight is 440 g/mol. The van der Waals surface area contributed by atoms with Crippen LogP contribution in [0.5, 0.6) is 0 Å². The molecule has 4 unspecified atom stereocenters. The lowest BCUT2D eigenvalue weighted by Crippen LogP contribution is -2.71. The third-order valence-electron chi connectivity index (χ3n) is 4.64. The van der Waals surface area contributed by atoms with Gasteiger partial charge in [0, 0.05) is 12.8 Å². The van der Waals surface area contributed by atoms with Gasteiger partial charge in [-0.15, -0.1) is 22.0 Å². The minimum atomic E-state index is -1.09. The van der Waals surface area contributed by atoms with E-state index in [4.69, 9.17) is 0 Å². The largest absolute Gasteiger partial charge is 0.480 e. The fraction of sp³-hybridized carbons (Fsp3) is 0.615. The van der Waals surface area contributed by atoms with Crippen LogP contribution in [0.3, 0.4) is 0 Å². The van der Waals surface area contributed by atoms with Gasteiger partial charge in [-0.3, -0.25) is 9.59 Å². The molecule has 4 heterocycles. The summed E-state index contributed by atoms with van der Waals surface area (Å²) in [5.74, 6) is -1.58. The van der Waals surface area contributed by atoms with Crippen molar-refractivity contribution in [1.29, 1.82) is 0 Å². The van der Waals surface area contributed by atoms with Gasteiger partial charge in [0.1, 0.15) is 30.3 Å². The third kappa shape index (κ3) is 3.41. The molecule has 29 heavy (non-hydrogen) atoms. The van der Waals surface area contributed by atoms with E-state index in [-0.39, 0.29) is 6.54 Å². The predicted molar refractivity (Wildman–Crippen MR) is 97.3 cm³/mol. The molecular formula is C13H16N10O4S2. The molecule has 0 aliphatic carbocycles. The van der Waals surface area contributed by atoms with Crippen molar-refractivity contribution in [2.75, 3.05) is 5.75 Å². The number of carboxylic acids is 1. The molecule has 0 bridgehead atoms. The van der Waals surface area contributed by atoms with E-state index in [0.29, 0.717) is 10.9 Å². The van der Waals surface area contributed by atoms with Crippen molar-refractivity contribution < 1.29 is 19.5 Å². The molecule has 4 atom stereocenters. The van der Waals surface area contributed by atoms with Gasteiger partial charge in [-0.05, 0) is 27.8 Å². The molecular weight excluding hydrogens is 424 g/mol. The molecule has 2 saturated heterocycles. The van der Waals surface area contributed by atoms with Crippen LogP contribution in [-0.4, -0.2) is 96.2 Å². The molecule has 2 aliphatic heterocycles. The summed E-state index contributed by atoms with van der Waals surface area (Å²) < 4.78 is 1.93. The number of aryl methyl sites for hydroxylation is 1. The quantitative estimate of drug-likeness (QED) is 0.345. The number of rotatable bonds is 7. The maximum absolute atomic E-state index is 12.6. The third-order valence-corrected chi connectivity index (χ3v) is 7.82. The summed E-state index contributed by atoms with van der Waals surface area (Å²) in [5.41, 5.74) is 0. The van der Waals surface area contributed by atoms with Gasteiger partial charge < -0.3 is 15.3 Å². The SMILES string of the molecule is Cn1nnnc1SCC1(C)SC2C(NC(=O)Cn3cnnn3)C(=O)N2C1C(=O)O. The second kappa shape index (κ2) is 7.25. The first-order valence-corrected chi connectivity index (χ1v) is 10.2. The van der Waals surface area contributed by atoms with E-state index in [1.54, 1.807) is 14.0 Å². The molecule has 0 saturated carbocycles. The lowest BCUT2D eigenvalue weighted by Gasteiger charge is -2.43. The van der Waals surface area contributed by atoms with Crippen molar-refractivity contribution in [1.82, 2.24) is 50.6 Å². The highest BCUT2D eigenvalue weighted by Gasteiger charge is 2.65. The van der Waals surface area contributed by atoms with E-state index < -0.39 is 40.0 Å². The number of aliphatic carboxylic acids is 1. The van der Waals surface area contributed by atoms with Crippen molar-refractivity contribution in [3.63, 3.8) is 0 Å². The van der Waals surface area contributed by atoms with Crippen LogP contribution in [0.2, 0.25) is 0 Å². The number of tetrazole rings is 2. The summed E-state index contributed by atoms with van der Waals surface area (Å²) in [4.78, 5) is 38.1. The molecule has 2 aliphatic rings. The molecule has 2 aromatic heterocycles. The molecule has 2 aromatic rings. The van der Waals surface area contributed by atoms with Crippen LogP contribution in [-0.2, 0) is 28.0 Å². The van der Waals surface area contributed by atoms with E-state index in [1.807, 2.05) is 0 Å². The first-order chi connectivity index (χ1) is 13.8. The summed E-state index contributed by atoms with van der Waals surface area (Å²) in [5, 5.41) is 34.2. The Hall–Kier alpha value is -2.75. The molecule has 0 aromatic carbocycles. The Morgan fingerprint density at radius 2 is 2.17 bits per heavy atom. The predicted octanol–water partition coefficient (Wildman–Crippen LogP) is -2.40. The van der Waals surface area contributed by atoms with Gasteiger partial charge in [-0.2, -0.15) is 0 Å². The van der Waals surface area contributed by atoms with Gasteiger partial charge in [0.25, 0.3) is 0 Å². The van der Waals surface area contributed by atoms with Gasteiger partial charge in [0.05, 0.1) is 4.75 Å². The number of nitrogens with one attached hydrogen (secondary N) is 1. The zero-order chi connectivity index (χ0) is 20.8. The summed E-state index contributed by atoms with van der Waals surface area (Å²) in [6.07, 6.45) is 1.29. The Labute approximate surface area is 171 Å². The summed E-state index contributed by atoms with van der Waals surface area (Å²) >= 11 is 2.67. The maximum Gasteiger partial charge on any atom is 0.327 e. The van der Waals surface area contributed by atoms with Crippen LogP contribution in [0.15, 0.2) is 11.5 Å². The first kappa shape index (κ1) is 19.6. The van der Waals surface area contributed by atoms with Crippen molar-refractivity contribution in [3.8, 4) is 0 Å². The summed E-state index contributed by atoms with van der Waals surface area (Å²) in [6, 6.07) is -1.82. The number of nitrogens with zero attached hydrogens (tertiary/aromatic N) is 9. The Bertz CT molecular complexity index is 951. The van der Waals surface area contributed by atoms with Crippen LogP contribution in [0.4, 0.5) is 0 Å². The summed E-state index contributed by atoms with van der Waals surface area (Å²) in [7, 11) is 1.69. The Morgan fingerprint density at radius 3 is 2.79 bits per heavy atom. The van der Waals surface area contributed by atoms with Crippen LogP contribution in [0, 0.1) is 0 Å². The van der Waals surface area contributed by atoms with E-state index in [2.05, 4.69) is 36.4 Å². The van der Waals surface area contributed by atoms with Crippen molar-refractivity contribution in [2.45, 2.75) is 40.8 Å². The highest BCUT2D eigenvalue weighted by molar-refractivity contribution is 8.04. The van der Waals surface area contributed by atoms with Crippen molar-refractivity contribution >= 4 is 41.3 Å². The van der Waals surface area contributed by atoms with E-state index in [0.717, 1.165) is 0 Å². The molecule has 0 spiro atoms. The molecule has 16 heteroatoms. The minimum absolute atomic E-state index is 0.136. The van der Waals surface area contributed by atoms with Gasteiger partial charge in [-0.25, -0.2) is 14.2 Å². The van der Waals surface area contributed by atoms with Gasteiger partial charge >= 0.3 is 5.97 Å². The Kier molecular flexibility index (Phi) is 4.89. The minimum Gasteiger partial charge on any atom is -0.480 e. The van der Waals surface area contributed by atoms with Crippen LogP contribution in [0.1, 0.15) is 6.92 Å². The molecule has 0 radical (unpaired) electrons. The number of thioether (sulfide) groups is 2. The second-order valence-electron chi connectivity index (χ2n) is 6.73. The number of aromatic nitrogens is 8. The maximum atomic E-state index is 12.6. The van der Waals surface area contributed by atoms with Crippen molar-refractivity contribution in [3.05, 3.63) is 6.33 Å². The topological polar surface area (TPSA) is 174 Å². The molecule has 2 N–H and O–H groups in total. The van der Waals surface area contributed by atoms with Crippen molar-refractivity contribution in [2.24, 2.45) is 7.05 Å². The number of fused-ring (bicyclic) bond motifs is 1. The second-order valence-corrected chi connectivity index (χ2v) is 9.33. The molecule has 154 valence electrons. The van der Waals surface area contributed by atoms with Crippen LogP contribution >= 0.6 is 23.5 Å². The summed E-state index contributed by atoms with van der Waals surface area (Å²) in [6.45, 7) is 1.65. The lowest BCUT2D eigenvalue weighted by atomic mass is 9.96. The van der Waals surface area contributed by atoms with Gasteiger partial charge in [0.15, 0.2) is 0 Å². The average Bonchev–Trinajstić information content (AvgIpc) is 3.37. The number of carbonyl (C=O) groups excluding carboxylic acids is 2. The van der Waals surface area contributed by atoms with Crippen LogP contribution < -0.4 is 5.32 Å². The fourth-order valence-electron chi connectivity index (χ4n) is 3.32. The number of hydrogen-bond donors (Lipinski definition) is 2. The lowest BCUT2D eigenvalue weighted by molar-refractivity contribution is -0.161. The molecule has 4 rings (SSSR count). The number of amides is 2. The smallest absolute Gasteiger partial charge is 0.327 e. The first-order valence-electron chi connectivity index (χ1n) is 8.38. The highest BCUT2D eigenvalue weighted by Crippen LogP contribution is 2.52. The molecule has 14 nitrogen and oxygen atoms in total. The zero-order valence-corrected chi connectivity index (χ0v) is 16.9. The monoisotopic (exact) mass is 440 g/mol. The van der Waals surface area contributed by atoms with E-state index in [9.17, 15) is 19.5 Å². The number of carbonyl (C=O) groups is 3. The normalized spacial score (nSPS) is 28.1. The van der Waals surface area contributed by atoms with Gasteiger partial charge in [0.2, 0.25) is 17.0 Å². The highest BCUT2D eigenvalue weighted by atomic mass is 32.2. The number of β-lactam (4-membered cyclic amide) rings is 1. The van der Waals surface area contributed by atoms with Gasteiger partial charge in [-0.1, -0.05) is 11.8 Å². The zero-order valence-electron chi connectivity index (χ0n) is 15.2.